The molecule has 3 aromatic rings. The molecular formula is C23H22N2O2. The van der Waals surface area contributed by atoms with Gasteiger partial charge in [-0.15, -0.1) is 0 Å². The third-order valence-corrected chi connectivity index (χ3v) is 5.12. The molecule has 1 atom stereocenters. The van der Waals surface area contributed by atoms with E-state index in [1.54, 1.807) is 12.4 Å². The zero-order valence-corrected chi connectivity index (χ0v) is 15.3. The molecule has 0 saturated heterocycles. The summed E-state index contributed by atoms with van der Waals surface area (Å²) in [7, 11) is 1.89. The summed E-state index contributed by atoms with van der Waals surface area (Å²) in [6.07, 6.45) is 5.53. The van der Waals surface area contributed by atoms with Crippen molar-refractivity contribution in [2.45, 2.75) is 25.5 Å². The van der Waals surface area contributed by atoms with Crippen LogP contribution in [0.4, 0.5) is 0 Å². The largest absolute Gasteiger partial charge is 0.489 e. The average molecular weight is 358 g/mol. The zero-order chi connectivity index (χ0) is 18.6. The van der Waals surface area contributed by atoms with E-state index in [0.717, 1.165) is 24.2 Å². The van der Waals surface area contributed by atoms with Crippen molar-refractivity contribution in [3.05, 3.63) is 95.3 Å². The second-order valence-corrected chi connectivity index (χ2v) is 6.84. The second kappa shape index (κ2) is 7.62. The number of aromatic nitrogens is 1. The number of ether oxygens (including phenoxy) is 1. The Bertz CT molecular complexity index is 923. The van der Waals surface area contributed by atoms with Gasteiger partial charge >= 0.3 is 0 Å². The Hall–Kier alpha value is -3.14. The van der Waals surface area contributed by atoms with E-state index in [0.29, 0.717) is 12.2 Å². The molecule has 4 rings (SSSR count). The van der Waals surface area contributed by atoms with Crippen molar-refractivity contribution in [3.8, 4) is 5.75 Å². The van der Waals surface area contributed by atoms with Crippen molar-refractivity contribution in [1.29, 1.82) is 0 Å². The van der Waals surface area contributed by atoms with E-state index in [9.17, 15) is 4.79 Å². The molecule has 0 bridgehead atoms. The topological polar surface area (TPSA) is 42.4 Å². The molecule has 1 amide bonds. The van der Waals surface area contributed by atoms with Crippen LogP contribution in [0.15, 0.2) is 73.1 Å². The Kier molecular flexibility index (Phi) is 4.88. The van der Waals surface area contributed by atoms with Crippen molar-refractivity contribution in [2.75, 3.05) is 7.05 Å². The predicted octanol–water partition coefficient (Wildman–Crippen LogP) is 4.42. The molecule has 2 aromatic carbocycles. The minimum Gasteiger partial charge on any atom is -0.489 e. The third kappa shape index (κ3) is 3.70. The highest BCUT2D eigenvalue weighted by molar-refractivity contribution is 5.94. The first kappa shape index (κ1) is 17.3. The van der Waals surface area contributed by atoms with Crippen LogP contribution in [0.5, 0.6) is 5.75 Å². The molecule has 0 spiro atoms. The Labute approximate surface area is 159 Å². The number of amides is 1. The SMILES string of the molecule is CN(C(=O)c1ccc(OCc2cccnc2)cc1)[C@@H]1CCc2ccccc21. The van der Waals surface area contributed by atoms with Gasteiger partial charge in [-0.2, -0.15) is 0 Å². The van der Waals surface area contributed by atoms with Gasteiger partial charge in [-0.1, -0.05) is 30.3 Å². The van der Waals surface area contributed by atoms with Gasteiger partial charge in [-0.25, -0.2) is 0 Å². The zero-order valence-electron chi connectivity index (χ0n) is 15.3. The first-order chi connectivity index (χ1) is 13.2. The lowest BCUT2D eigenvalue weighted by Gasteiger charge is -2.25. The van der Waals surface area contributed by atoms with Crippen LogP contribution in [-0.2, 0) is 13.0 Å². The maximum Gasteiger partial charge on any atom is 0.254 e. The Morgan fingerprint density at radius 3 is 2.70 bits per heavy atom. The number of rotatable bonds is 5. The number of fused-ring (bicyclic) bond motifs is 1. The number of pyridine rings is 1. The fourth-order valence-corrected chi connectivity index (χ4v) is 3.63. The van der Waals surface area contributed by atoms with E-state index < -0.39 is 0 Å². The van der Waals surface area contributed by atoms with Crippen LogP contribution in [0, 0.1) is 0 Å². The Morgan fingerprint density at radius 1 is 1.11 bits per heavy atom. The summed E-state index contributed by atoms with van der Waals surface area (Å²) < 4.78 is 5.77. The van der Waals surface area contributed by atoms with Crippen LogP contribution in [0.25, 0.3) is 0 Å². The van der Waals surface area contributed by atoms with Crippen molar-refractivity contribution in [1.82, 2.24) is 9.88 Å². The highest BCUT2D eigenvalue weighted by Crippen LogP contribution is 2.35. The number of nitrogens with zero attached hydrogens (tertiary/aromatic N) is 2. The van der Waals surface area contributed by atoms with Crippen LogP contribution >= 0.6 is 0 Å². The summed E-state index contributed by atoms with van der Waals surface area (Å²) in [6.45, 7) is 0.458. The van der Waals surface area contributed by atoms with E-state index in [1.807, 2.05) is 54.4 Å². The van der Waals surface area contributed by atoms with Crippen LogP contribution in [0.2, 0.25) is 0 Å². The summed E-state index contributed by atoms with van der Waals surface area (Å²) in [5, 5.41) is 0. The molecule has 0 fully saturated rings. The maximum atomic E-state index is 12.9. The molecule has 0 saturated carbocycles. The van der Waals surface area contributed by atoms with Gasteiger partial charge in [0.15, 0.2) is 0 Å². The fraction of sp³-hybridized carbons (Fsp3) is 0.217. The highest BCUT2D eigenvalue weighted by atomic mass is 16.5. The molecule has 1 aliphatic rings. The summed E-state index contributed by atoms with van der Waals surface area (Å²) in [5.74, 6) is 0.778. The first-order valence-electron chi connectivity index (χ1n) is 9.19. The van der Waals surface area contributed by atoms with Gasteiger partial charge in [-0.05, 0) is 54.3 Å². The predicted molar refractivity (Wildman–Crippen MR) is 105 cm³/mol. The van der Waals surface area contributed by atoms with Crippen LogP contribution < -0.4 is 4.74 Å². The van der Waals surface area contributed by atoms with E-state index in [1.165, 1.54) is 11.1 Å². The number of benzene rings is 2. The molecule has 4 heteroatoms. The number of aryl methyl sites for hydroxylation is 1. The van der Waals surface area contributed by atoms with Crippen molar-refractivity contribution in [3.63, 3.8) is 0 Å². The van der Waals surface area contributed by atoms with Crippen LogP contribution in [0.3, 0.4) is 0 Å². The van der Waals surface area contributed by atoms with Crippen LogP contribution in [0.1, 0.15) is 39.5 Å². The quantitative estimate of drug-likeness (QED) is 0.678. The van der Waals surface area contributed by atoms with Gasteiger partial charge in [0.2, 0.25) is 0 Å². The molecule has 0 radical (unpaired) electrons. The first-order valence-corrected chi connectivity index (χ1v) is 9.19. The number of hydrogen-bond acceptors (Lipinski definition) is 3. The molecule has 27 heavy (non-hydrogen) atoms. The normalized spacial score (nSPS) is 15.2. The van der Waals surface area contributed by atoms with E-state index in [-0.39, 0.29) is 11.9 Å². The summed E-state index contributed by atoms with van der Waals surface area (Å²) in [4.78, 5) is 18.8. The molecule has 1 aliphatic carbocycles. The molecule has 1 aromatic heterocycles. The molecule has 0 aliphatic heterocycles. The summed E-state index contributed by atoms with van der Waals surface area (Å²) in [5.41, 5.74) is 4.30. The summed E-state index contributed by atoms with van der Waals surface area (Å²) >= 11 is 0. The standard InChI is InChI=1S/C23H22N2O2/c1-25(22-13-10-18-6-2-3-7-21(18)22)23(26)19-8-11-20(12-9-19)27-16-17-5-4-14-24-15-17/h2-9,11-12,14-15,22H,10,13,16H2,1H3/t22-/m1/s1. The fourth-order valence-electron chi connectivity index (χ4n) is 3.63. The average Bonchev–Trinajstić information content (AvgIpc) is 3.16. The number of hydrogen-bond donors (Lipinski definition) is 0. The van der Waals surface area contributed by atoms with E-state index in [2.05, 4.69) is 23.2 Å². The Morgan fingerprint density at radius 2 is 1.93 bits per heavy atom. The minimum atomic E-state index is 0.0375. The van der Waals surface area contributed by atoms with Crippen molar-refractivity contribution in [2.24, 2.45) is 0 Å². The lowest BCUT2D eigenvalue weighted by atomic mass is 10.1. The monoisotopic (exact) mass is 358 g/mol. The number of carbonyl (C=O) groups excluding carboxylic acids is 1. The molecule has 4 nitrogen and oxygen atoms in total. The minimum absolute atomic E-state index is 0.0375. The van der Waals surface area contributed by atoms with Gasteiger partial charge in [0.05, 0.1) is 6.04 Å². The smallest absolute Gasteiger partial charge is 0.254 e. The van der Waals surface area contributed by atoms with Gasteiger partial charge in [-0.3, -0.25) is 9.78 Å². The van der Waals surface area contributed by atoms with Gasteiger partial charge in [0, 0.05) is 30.6 Å². The summed E-state index contributed by atoms with van der Waals surface area (Å²) in [6, 6.07) is 19.8. The number of carbonyl (C=O) groups is 1. The van der Waals surface area contributed by atoms with Gasteiger partial charge in [0.25, 0.3) is 5.91 Å². The van der Waals surface area contributed by atoms with Crippen molar-refractivity contribution < 1.29 is 9.53 Å². The Balaban J connectivity index is 1.42. The van der Waals surface area contributed by atoms with E-state index in [4.69, 9.17) is 4.74 Å². The van der Waals surface area contributed by atoms with Crippen molar-refractivity contribution >= 4 is 5.91 Å². The lowest BCUT2D eigenvalue weighted by Crippen LogP contribution is -2.30. The van der Waals surface area contributed by atoms with E-state index >= 15 is 0 Å². The van der Waals surface area contributed by atoms with Gasteiger partial charge < -0.3 is 9.64 Å². The maximum absolute atomic E-state index is 12.9. The molecule has 136 valence electrons. The molecular weight excluding hydrogens is 336 g/mol. The molecule has 0 N–H and O–H groups in total. The third-order valence-electron chi connectivity index (χ3n) is 5.12. The molecule has 1 heterocycles. The van der Waals surface area contributed by atoms with Gasteiger partial charge in [0.1, 0.15) is 12.4 Å². The van der Waals surface area contributed by atoms with Crippen LogP contribution in [-0.4, -0.2) is 22.8 Å². The highest BCUT2D eigenvalue weighted by Gasteiger charge is 2.28. The second-order valence-electron chi connectivity index (χ2n) is 6.84. The molecule has 0 unspecified atom stereocenters. The lowest BCUT2D eigenvalue weighted by molar-refractivity contribution is 0.0730.